The van der Waals surface area contributed by atoms with Crippen LogP contribution in [0.25, 0.3) is 0 Å². The van der Waals surface area contributed by atoms with Crippen molar-refractivity contribution in [3.05, 3.63) is 64.2 Å². The van der Waals surface area contributed by atoms with E-state index in [0.717, 1.165) is 16.4 Å². The van der Waals surface area contributed by atoms with Crippen molar-refractivity contribution in [3.8, 4) is 0 Å². The fourth-order valence-electron chi connectivity index (χ4n) is 3.32. The van der Waals surface area contributed by atoms with Crippen molar-refractivity contribution in [1.29, 1.82) is 0 Å². The number of hydrogen-bond acceptors (Lipinski definition) is 6. The minimum absolute atomic E-state index is 0.0393. The molecule has 2 unspecified atom stereocenters. The molecule has 7 heteroatoms. The summed E-state index contributed by atoms with van der Waals surface area (Å²) in [6.45, 7) is 6.40. The summed E-state index contributed by atoms with van der Waals surface area (Å²) in [5, 5.41) is 15.6. The van der Waals surface area contributed by atoms with E-state index in [2.05, 4.69) is 43.1 Å². The van der Waals surface area contributed by atoms with Crippen LogP contribution in [0.2, 0.25) is 0 Å². The van der Waals surface area contributed by atoms with Crippen molar-refractivity contribution >= 4 is 28.3 Å². The Labute approximate surface area is 156 Å². The zero-order chi connectivity index (χ0) is 18.5. The number of aliphatic imine (C=N–C) groups is 1. The number of amidine groups is 1. The SMILES string of the molecule is CC(C)(C)NC1C(c2ccc([N+](=O)[O-])cc2)N=C2Sc3ccccc3N21. The highest BCUT2D eigenvalue weighted by Gasteiger charge is 2.44. The van der Waals surface area contributed by atoms with Crippen LogP contribution in [0.4, 0.5) is 11.4 Å². The van der Waals surface area contributed by atoms with Gasteiger partial charge in [0.1, 0.15) is 12.2 Å². The number of nitrogens with zero attached hydrogens (tertiary/aromatic N) is 3. The molecule has 1 N–H and O–H groups in total. The summed E-state index contributed by atoms with van der Waals surface area (Å²) in [4.78, 5) is 19.0. The van der Waals surface area contributed by atoms with Gasteiger partial charge in [0.25, 0.3) is 5.69 Å². The number of non-ortho nitro benzene ring substituents is 1. The first-order chi connectivity index (χ1) is 12.3. The third kappa shape index (κ3) is 2.97. The molecule has 26 heavy (non-hydrogen) atoms. The maximum absolute atomic E-state index is 10.9. The fraction of sp³-hybridized carbons (Fsp3) is 0.316. The molecule has 0 amide bonds. The Morgan fingerprint density at radius 1 is 1.15 bits per heavy atom. The number of nitrogens with one attached hydrogen (secondary N) is 1. The van der Waals surface area contributed by atoms with E-state index in [-0.39, 0.29) is 28.4 Å². The van der Waals surface area contributed by atoms with Crippen LogP contribution in [0.3, 0.4) is 0 Å². The highest BCUT2D eigenvalue weighted by atomic mass is 32.2. The Balaban J connectivity index is 1.73. The molecule has 2 heterocycles. The van der Waals surface area contributed by atoms with Gasteiger partial charge < -0.3 is 4.90 Å². The predicted octanol–water partition coefficient (Wildman–Crippen LogP) is 4.33. The summed E-state index contributed by atoms with van der Waals surface area (Å²) < 4.78 is 0. The lowest BCUT2D eigenvalue weighted by atomic mass is 10.0. The fourth-order valence-corrected chi connectivity index (χ4v) is 4.41. The van der Waals surface area contributed by atoms with Crippen molar-refractivity contribution in [2.45, 2.75) is 43.4 Å². The normalized spacial score (nSPS) is 21.3. The van der Waals surface area contributed by atoms with Crippen LogP contribution in [0.15, 0.2) is 58.4 Å². The molecule has 0 saturated carbocycles. The standard InChI is InChI=1S/C19H20N4O2S/c1-19(2,3)21-17-16(12-8-10-13(11-9-12)23(24)25)20-18-22(17)14-6-4-5-7-15(14)26-18/h4-11,16-17,21H,1-3H3. The van der Waals surface area contributed by atoms with Gasteiger partial charge in [0, 0.05) is 22.6 Å². The number of nitro groups is 1. The highest BCUT2D eigenvalue weighted by Crippen LogP contribution is 2.48. The van der Waals surface area contributed by atoms with Crippen LogP contribution in [0.5, 0.6) is 0 Å². The topological polar surface area (TPSA) is 70.8 Å². The van der Waals surface area contributed by atoms with Gasteiger partial charge >= 0.3 is 0 Å². The zero-order valence-corrected chi connectivity index (χ0v) is 15.7. The molecule has 2 aromatic rings. The zero-order valence-electron chi connectivity index (χ0n) is 14.8. The first-order valence-corrected chi connectivity index (χ1v) is 9.31. The lowest BCUT2D eigenvalue weighted by Crippen LogP contribution is -2.53. The van der Waals surface area contributed by atoms with Crippen molar-refractivity contribution < 1.29 is 4.92 Å². The number of anilines is 1. The average molecular weight is 368 g/mol. The quantitative estimate of drug-likeness (QED) is 0.645. The molecule has 2 atom stereocenters. The van der Waals surface area contributed by atoms with Crippen molar-refractivity contribution in [2.75, 3.05) is 4.90 Å². The number of nitro benzene ring substituents is 1. The third-order valence-electron chi connectivity index (χ3n) is 4.39. The van der Waals surface area contributed by atoms with Gasteiger partial charge in [0.2, 0.25) is 0 Å². The van der Waals surface area contributed by atoms with E-state index in [0.29, 0.717) is 0 Å². The van der Waals surface area contributed by atoms with Crippen molar-refractivity contribution in [3.63, 3.8) is 0 Å². The van der Waals surface area contributed by atoms with E-state index < -0.39 is 0 Å². The second-order valence-corrected chi connectivity index (χ2v) is 8.49. The first kappa shape index (κ1) is 17.1. The number of hydrogen-bond donors (Lipinski definition) is 1. The van der Waals surface area contributed by atoms with Crippen molar-refractivity contribution in [2.24, 2.45) is 4.99 Å². The Kier molecular flexibility index (Phi) is 4.00. The Hall–Kier alpha value is -2.38. The molecule has 0 bridgehead atoms. The van der Waals surface area contributed by atoms with Gasteiger partial charge in [0.05, 0.1) is 10.6 Å². The van der Waals surface area contributed by atoms with E-state index in [4.69, 9.17) is 4.99 Å². The van der Waals surface area contributed by atoms with Gasteiger partial charge in [-0.25, -0.2) is 0 Å². The largest absolute Gasteiger partial charge is 0.301 e. The van der Waals surface area contributed by atoms with E-state index in [1.807, 2.05) is 24.3 Å². The second kappa shape index (κ2) is 6.10. The molecule has 2 aromatic carbocycles. The van der Waals surface area contributed by atoms with E-state index in [1.165, 1.54) is 4.90 Å². The van der Waals surface area contributed by atoms with E-state index in [9.17, 15) is 10.1 Å². The van der Waals surface area contributed by atoms with Crippen molar-refractivity contribution in [1.82, 2.24) is 5.32 Å². The number of thioether (sulfide) groups is 1. The van der Waals surface area contributed by atoms with Gasteiger partial charge in [0.15, 0.2) is 5.17 Å². The molecular formula is C19H20N4O2S. The molecule has 0 saturated heterocycles. The van der Waals surface area contributed by atoms with Gasteiger partial charge in [-0.3, -0.25) is 20.4 Å². The maximum Gasteiger partial charge on any atom is 0.269 e. The Morgan fingerprint density at radius 3 is 2.50 bits per heavy atom. The van der Waals surface area contributed by atoms with Crippen LogP contribution < -0.4 is 10.2 Å². The average Bonchev–Trinajstić information content (AvgIpc) is 3.10. The molecule has 0 spiro atoms. The van der Waals surface area contributed by atoms with Gasteiger partial charge in [-0.15, -0.1) is 0 Å². The molecule has 0 aromatic heterocycles. The van der Waals surface area contributed by atoms with Crippen LogP contribution in [0, 0.1) is 10.1 Å². The summed E-state index contributed by atoms with van der Waals surface area (Å²) >= 11 is 1.67. The predicted molar refractivity (Wildman–Crippen MR) is 105 cm³/mol. The number of para-hydroxylation sites is 1. The lowest BCUT2D eigenvalue weighted by molar-refractivity contribution is -0.384. The minimum atomic E-state index is -0.375. The van der Waals surface area contributed by atoms with Crippen LogP contribution in [0.1, 0.15) is 32.4 Å². The van der Waals surface area contributed by atoms with Gasteiger partial charge in [-0.1, -0.05) is 12.1 Å². The number of fused-ring (bicyclic) bond motifs is 3. The van der Waals surface area contributed by atoms with E-state index >= 15 is 0 Å². The summed E-state index contributed by atoms with van der Waals surface area (Å²) in [6, 6.07) is 14.9. The van der Waals surface area contributed by atoms with Crippen LogP contribution in [-0.2, 0) is 0 Å². The maximum atomic E-state index is 10.9. The molecule has 134 valence electrons. The molecule has 0 aliphatic carbocycles. The summed E-state index contributed by atoms with van der Waals surface area (Å²) in [5.41, 5.74) is 2.12. The monoisotopic (exact) mass is 368 g/mol. The third-order valence-corrected chi connectivity index (χ3v) is 5.44. The summed E-state index contributed by atoms with van der Waals surface area (Å²) in [6.07, 6.45) is -0.0393. The summed E-state index contributed by atoms with van der Waals surface area (Å²) in [7, 11) is 0. The Morgan fingerprint density at radius 2 is 1.85 bits per heavy atom. The summed E-state index contributed by atoms with van der Waals surface area (Å²) in [5.74, 6) is 0. The molecule has 2 aliphatic heterocycles. The molecular weight excluding hydrogens is 348 g/mol. The number of rotatable bonds is 3. The molecule has 0 radical (unpaired) electrons. The minimum Gasteiger partial charge on any atom is -0.301 e. The van der Waals surface area contributed by atoms with Crippen LogP contribution in [-0.4, -0.2) is 21.8 Å². The Bertz CT molecular complexity index is 889. The second-order valence-electron chi connectivity index (χ2n) is 7.48. The molecule has 4 rings (SSSR count). The van der Waals surface area contributed by atoms with E-state index in [1.54, 1.807) is 23.9 Å². The number of benzene rings is 2. The molecule has 6 nitrogen and oxygen atoms in total. The smallest absolute Gasteiger partial charge is 0.269 e. The highest BCUT2D eigenvalue weighted by molar-refractivity contribution is 8.14. The molecule has 0 fully saturated rings. The first-order valence-electron chi connectivity index (χ1n) is 8.49. The van der Waals surface area contributed by atoms with Gasteiger partial charge in [-0.2, -0.15) is 0 Å². The van der Waals surface area contributed by atoms with Crippen LogP contribution >= 0.6 is 11.8 Å². The lowest BCUT2D eigenvalue weighted by Gasteiger charge is -2.34. The van der Waals surface area contributed by atoms with Gasteiger partial charge in [-0.05, 0) is 62.4 Å². The molecule has 2 aliphatic rings.